The van der Waals surface area contributed by atoms with Crippen LogP contribution in [0.1, 0.15) is 86.6 Å². The molecule has 4 unspecified atom stereocenters. The first-order valence-electron chi connectivity index (χ1n) is 11.5. The van der Waals surface area contributed by atoms with Crippen molar-refractivity contribution in [3.8, 4) is 0 Å². The summed E-state index contributed by atoms with van der Waals surface area (Å²) in [4.78, 5) is 11.7. The van der Waals surface area contributed by atoms with Gasteiger partial charge in [0.25, 0.3) is 0 Å². The molecule has 0 aromatic heterocycles. The molecule has 0 heterocycles. The highest BCUT2D eigenvalue weighted by Gasteiger charge is 2.36. The predicted molar refractivity (Wildman–Crippen MR) is 116 cm³/mol. The van der Waals surface area contributed by atoms with Crippen LogP contribution < -0.4 is 0 Å². The molecular weight excluding hydrogens is 382 g/mol. The Hall–Kier alpha value is -1.97. The van der Waals surface area contributed by atoms with Crippen molar-refractivity contribution >= 4 is 16.7 Å². The fraction of sp³-hybridized carbons (Fsp3) is 0.577. The van der Waals surface area contributed by atoms with E-state index in [1.54, 1.807) is 0 Å². The van der Waals surface area contributed by atoms with Crippen LogP contribution in [0.2, 0.25) is 0 Å². The highest BCUT2D eigenvalue weighted by Crippen LogP contribution is 2.49. The number of rotatable bonds is 5. The molecule has 0 aliphatic heterocycles. The van der Waals surface area contributed by atoms with E-state index < -0.39 is 11.8 Å². The molecule has 4 heteroatoms. The quantitative estimate of drug-likeness (QED) is 0.477. The molecule has 2 saturated carbocycles. The first-order chi connectivity index (χ1) is 14.5. The molecule has 2 fully saturated rings. The fourth-order valence-corrected chi connectivity index (χ4v) is 5.93. The largest absolute Gasteiger partial charge is 0.465 e. The molecule has 2 aliphatic rings. The van der Waals surface area contributed by atoms with Gasteiger partial charge in [0, 0.05) is 5.39 Å². The Balaban J connectivity index is 1.53. The van der Waals surface area contributed by atoms with Gasteiger partial charge in [0.15, 0.2) is 0 Å². The first kappa shape index (κ1) is 21.3. The van der Waals surface area contributed by atoms with Crippen molar-refractivity contribution in [2.24, 2.45) is 17.8 Å². The van der Waals surface area contributed by atoms with Gasteiger partial charge in [-0.1, -0.05) is 44.7 Å². The number of benzene rings is 2. The number of carbonyl (C=O) groups excluding carboxylic acids is 1. The van der Waals surface area contributed by atoms with E-state index in [4.69, 9.17) is 0 Å². The number of esters is 1. The number of ether oxygens (including phenoxy) is 1. The summed E-state index contributed by atoms with van der Waals surface area (Å²) in [5, 5.41) is 0.784. The molecule has 30 heavy (non-hydrogen) atoms. The van der Waals surface area contributed by atoms with Gasteiger partial charge in [-0.3, -0.25) is 0 Å². The molecule has 2 aliphatic carbocycles. The maximum absolute atomic E-state index is 15.4. The van der Waals surface area contributed by atoms with Crippen molar-refractivity contribution in [2.75, 3.05) is 7.11 Å². The summed E-state index contributed by atoms with van der Waals surface area (Å²) in [7, 11) is 1.21. The highest BCUT2D eigenvalue weighted by molar-refractivity contribution is 5.96. The van der Waals surface area contributed by atoms with Crippen LogP contribution in [0.5, 0.6) is 0 Å². The maximum atomic E-state index is 15.4. The Morgan fingerprint density at radius 2 is 1.83 bits per heavy atom. The van der Waals surface area contributed by atoms with Crippen LogP contribution in [-0.2, 0) is 4.74 Å². The van der Waals surface area contributed by atoms with Crippen LogP contribution in [0.3, 0.4) is 0 Å². The van der Waals surface area contributed by atoms with E-state index >= 15 is 4.39 Å². The van der Waals surface area contributed by atoms with Gasteiger partial charge in [-0.25, -0.2) is 13.6 Å². The van der Waals surface area contributed by atoms with Gasteiger partial charge < -0.3 is 4.74 Å². The van der Waals surface area contributed by atoms with Crippen molar-refractivity contribution in [3.05, 3.63) is 47.0 Å². The van der Waals surface area contributed by atoms with Crippen molar-refractivity contribution in [1.82, 2.24) is 0 Å². The number of carbonyl (C=O) groups is 1. The van der Waals surface area contributed by atoms with Crippen LogP contribution in [0.25, 0.3) is 10.8 Å². The lowest BCUT2D eigenvalue weighted by Crippen LogP contribution is -2.30. The molecule has 0 bridgehead atoms. The van der Waals surface area contributed by atoms with Gasteiger partial charge in [-0.15, -0.1) is 0 Å². The normalized spacial score (nSPS) is 26.4. The number of methoxy groups -OCH3 is 1. The third-order valence-corrected chi connectivity index (χ3v) is 7.60. The van der Waals surface area contributed by atoms with Gasteiger partial charge in [-0.2, -0.15) is 0 Å². The van der Waals surface area contributed by atoms with E-state index in [0.29, 0.717) is 16.9 Å². The van der Waals surface area contributed by atoms with Crippen LogP contribution in [0.4, 0.5) is 8.78 Å². The third-order valence-electron chi connectivity index (χ3n) is 7.60. The summed E-state index contributed by atoms with van der Waals surface area (Å²) in [6.45, 7) is 2.26. The van der Waals surface area contributed by atoms with E-state index in [1.165, 1.54) is 58.1 Å². The Bertz CT molecular complexity index is 923. The smallest absolute Gasteiger partial charge is 0.340 e. The Kier molecular flexibility index (Phi) is 6.40. The summed E-state index contributed by atoms with van der Waals surface area (Å²) < 4.78 is 34.4. The Morgan fingerprint density at radius 3 is 2.60 bits per heavy atom. The van der Waals surface area contributed by atoms with Crippen LogP contribution in [0.15, 0.2) is 24.3 Å². The van der Waals surface area contributed by atoms with Crippen LogP contribution in [0, 0.1) is 29.4 Å². The maximum Gasteiger partial charge on any atom is 0.340 e. The Morgan fingerprint density at radius 1 is 1.07 bits per heavy atom. The number of fused-ring (bicyclic) bond motifs is 2. The molecule has 0 spiro atoms. The summed E-state index contributed by atoms with van der Waals surface area (Å²) in [6.07, 6.45) is 11.1. The average molecular weight is 415 g/mol. The second kappa shape index (κ2) is 9.03. The molecular formula is C26H32F2O2. The average Bonchev–Trinajstić information content (AvgIpc) is 2.77. The highest BCUT2D eigenvalue weighted by atomic mass is 19.1. The molecule has 2 aromatic carbocycles. The van der Waals surface area contributed by atoms with Crippen molar-refractivity contribution < 1.29 is 18.3 Å². The zero-order valence-electron chi connectivity index (χ0n) is 18.1. The van der Waals surface area contributed by atoms with Gasteiger partial charge in [0.05, 0.1) is 12.7 Å². The van der Waals surface area contributed by atoms with E-state index in [9.17, 15) is 9.18 Å². The molecule has 0 radical (unpaired) electrons. The predicted octanol–water partition coefficient (Wildman–Crippen LogP) is 7.39. The second-order valence-electron chi connectivity index (χ2n) is 9.36. The van der Waals surface area contributed by atoms with E-state index in [2.05, 4.69) is 11.7 Å². The van der Waals surface area contributed by atoms with Gasteiger partial charge in [-0.05, 0) is 78.9 Å². The van der Waals surface area contributed by atoms with Crippen molar-refractivity contribution in [2.45, 2.75) is 70.6 Å². The van der Waals surface area contributed by atoms with Gasteiger partial charge in [0.1, 0.15) is 11.6 Å². The van der Waals surface area contributed by atoms with Crippen LogP contribution >= 0.6 is 0 Å². The molecule has 2 nitrogen and oxygen atoms in total. The van der Waals surface area contributed by atoms with E-state index in [1.807, 2.05) is 12.1 Å². The summed E-state index contributed by atoms with van der Waals surface area (Å²) in [5.41, 5.74) is 0.553. The van der Waals surface area contributed by atoms with Crippen LogP contribution in [-0.4, -0.2) is 13.1 Å². The molecule has 0 saturated heterocycles. The molecule has 162 valence electrons. The Labute approximate surface area is 178 Å². The van der Waals surface area contributed by atoms with E-state index in [0.717, 1.165) is 30.7 Å². The number of hydrogen-bond acceptors (Lipinski definition) is 2. The number of halogens is 2. The minimum absolute atomic E-state index is 0.155. The number of hydrogen-bond donors (Lipinski definition) is 0. The monoisotopic (exact) mass is 414 g/mol. The third kappa shape index (κ3) is 4.10. The first-order valence-corrected chi connectivity index (χ1v) is 11.5. The molecule has 0 N–H and O–H groups in total. The molecule has 4 rings (SSSR count). The lowest BCUT2D eigenvalue weighted by Gasteiger charge is -2.42. The summed E-state index contributed by atoms with van der Waals surface area (Å²) in [6, 6.07) is 6.19. The lowest BCUT2D eigenvalue weighted by atomic mass is 9.63. The lowest BCUT2D eigenvalue weighted by molar-refractivity contribution is 0.0595. The zero-order valence-corrected chi connectivity index (χ0v) is 18.1. The molecule has 2 aromatic rings. The van der Waals surface area contributed by atoms with Gasteiger partial charge in [0.2, 0.25) is 0 Å². The molecule has 0 amide bonds. The summed E-state index contributed by atoms with van der Waals surface area (Å²) in [5.74, 6) is 0.753. The minimum Gasteiger partial charge on any atom is -0.465 e. The zero-order chi connectivity index (χ0) is 21.3. The topological polar surface area (TPSA) is 26.3 Å². The van der Waals surface area contributed by atoms with Gasteiger partial charge >= 0.3 is 5.97 Å². The minimum atomic E-state index is -0.744. The van der Waals surface area contributed by atoms with E-state index in [-0.39, 0.29) is 22.7 Å². The second-order valence-corrected chi connectivity index (χ2v) is 9.36. The molecule has 4 atom stereocenters. The fourth-order valence-electron chi connectivity index (χ4n) is 5.93. The van der Waals surface area contributed by atoms with Crippen molar-refractivity contribution in [1.29, 1.82) is 0 Å². The SMILES string of the molecule is CCCCC1CCC2CC(c3ccc4cc(C(=O)OC)c(F)cc4c3F)CCC2C1. The standard InChI is InChI=1S/C26H32F2O2/c1-3-4-5-16-6-7-18-13-19(9-8-17(18)12-16)21-11-10-20-14-23(26(29)30-2)24(27)15-22(20)25(21)28/h10-11,14-19H,3-9,12-13H2,1-2H3. The summed E-state index contributed by atoms with van der Waals surface area (Å²) >= 11 is 0. The number of unbranched alkanes of at least 4 members (excludes halogenated alkanes) is 1. The van der Waals surface area contributed by atoms with Crippen molar-refractivity contribution in [3.63, 3.8) is 0 Å².